The quantitative estimate of drug-likeness (QED) is 0.811. The van der Waals surface area contributed by atoms with Gasteiger partial charge in [-0.1, -0.05) is 23.7 Å². The molecule has 0 radical (unpaired) electrons. The van der Waals surface area contributed by atoms with Crippen LogP contribution < -0.4 is 0 Å². The van der Waals surface area contributed by atoms with Gasteiger partial charge in [-0.2, -0.15) is 0 Å². The molecule has 1 unspecified atom stereocenters. The fourth-order valence-electron chi connectivity index (χ4n) is 1.91. The van der Waals surface area contributed by atoms with E-state index in [0.29, 0.717) is 12.5 Å². The van der Waals surface area contributed by atoms with E-state index in [1.165, 1.54) is 18.4 Å². The molecule has 1 N–H and O–H groups in total. The van der Waals surface area contributed by atoms with E-state index in [9.17, 15) is 5.11 Å². The summed E-state index contributed by atoms with van der Waals surface area (Å²) in [5, 5.41) is 10.0. The minimum atomic E-state index is 0.303. The van der Waals surface area contributed by atoms with Crippen LogP contribution in [0, 0.1) is 11.8 Å². The molecule has 76 valence electrons. The summed E-state index contributed by atoms with van der Waals surface area (Å²) in [6.45, 7) is 0.303. The predicted octanol–water partition coefficient (Wildman–Crippen LogP) is 2.90. The lowest BCUT2D eigenvalue weighted by Gasteiger charge is -2.12. The van der Waals surface area contributed by atoms with Crippen LogP contribution in [-0.4, -0.2) is 11.7 Å². The normalized spacial score (nSPS) is 18.1. The molecule has 0 bridgehead atoms. The van der Waals surface area contributed by atoms with Crippen molar-refractivity contribution in [2.45, 2.75) is 19.3 Å². The summed E-state index contributed by atoms with van der Waals surface area (Å²) < 4.78 is 0. The number of halogens is 1. The number of aliphatic hydroxyl groups excluding tert-OH is 1. The van der Waals surface area contributed by atoms with Gasteiger partial charge in [-0.3, -0.25) is 0 Å². The lowest BCUT2D eigenvalue weighted by Crippen LogP contribution is -2.11. The van der Waals surface area contributed by atoms with Crippen LogP contribution in [0.1, 0.15) is 18.4 Å². The summed E-state index contributed by atoms with van der Waals surface area (Å²) >= 11 is 5.90. The summed E-state index contributed by atoms with van der Waals surface area (Å²) in [5.74, 6) is 1.19. The van der Waals surface area contributed by atoms with Crippen molar-refractivity contribution in [3.63, 3.8) is 0 Å². The summed E-state index contributed by atoms with van der Waals surface area (Å²) in [6.07, 6.45) is 3.53. The molecule has 1 aliphatic carbocycles. The van der Waals surface area contributed by atoms with Gasteiger partial charge < -0.3 is 5.11 Å². The van der Waals surface area contributed by atoms with Crippen LogP contribution in [0.5, 0.6) is 0 Å². The van der Waals surface area contributed by atoms with Crippen LogP contribution in [0.2, 0.25) is 5.02 Å². The van der Waals surface area contributed by atoms with E-state index in [1.807, 2.05) is 18.2 Å². The zero-order valence-corrected chi connectivity index (χ0v) is 8.87. The van der Waals surface area contributed by atoms with Crippen LogP contribution >= 0.6 is 11.6 Å². The van der Waals surface area contributed by atoms with Gasteiger partial charge >= 0.3 is 0 Å². The van der Waals surface area contributed by atoms with Crippen LogP contribution in [0.15, 0.2) is 24.3 Å². The van der Waals surface area contributed by atoms with Gasteiger partial charge in [0, 0.05) is 11.6 Å². The van der Waals surface area contributed by atoms with Gasteiger partial charge in [0.05, 0.1) is 0 Å². The molecule has 1 nitrogen and oxygen atoms in total. The maximum atomic E-state index is 9.23. The van der Waals surface area contributed by atoms with E-state index in [2.05, 4.69) is 6.07 Å². The van der Waals surface area contributed by atoms with E-state index >= 15 is 0 Å². The minimum absolute atomic E-state index is 0.303. The largest absolute Gasteiger partial charge is 0.396 e. The maximum Gasteiger partial charge on any atom is 0.0465 e. The van der Waals surface area contributed by atoms with E-state index in [-0.39, 0.29) is 0 Å². The average molecular weight is 211 g/mol. The van der Waals surface area contributed by atoms with E-state index in [1.54, 1.807) is 0 Å². The van der Waals surface area contributed by atoms with E-state index < -0.39 is 0 Å². The van der Waals surface area contributed by atoms with Gasteiger partial charge in [0.1, 0.15) is 0 Å². The molecule has 2 heteroatoms. The number of rotatable bonds is 4. The zero-order chi connectivity index (χ0) is 9.97. The summed E-state index contributed by atoms with van der Waals surface area (Å²) in [5.41, 5.74) is 1.24. The van der Waals surface area contributed by atoms with Gasteiger partial charge in [-0.05, 0) is 48.8 Å². The molecule has 0 spiro atoms. The first-order chi connectivity index (χ1) is 6.79. The van der Waals surface area contributed by atoms with Gasteiger partial charge in [0.15, 0.2) is 0 Å². The van der Waals surface area contributed by atoms with Crippen molar-refractivity contribution in [2.24, 2.45) is 11.8 Å². The Morgan fingerprint density at radius 1 is 1.43 bits per heavy atom. The van der Waals surface area contributed by atoms with Crippen molar-refractivity contribution in [3.8, 4) is 0 Å². The SMILES string of the molecule is OCC(Cc1cccc(Cl)c1)C1CC1. The highest BCUT2D eigenvalue weighted by molar-refractivity contribution is 6.30. The second-order valence-corrected chi connectivity index (χ2v) is 4.55. The Hall–Kier alpha value is -0.530. The summed E-state index contributed by atoms with van der Waals surface area (Å²) in [7, 11) is 0. The number of hydrogen-bond donors (Lipinski definition) is 1. The van der Waals surface area contributed by atoms with Gasteiger partial charge in [-0.15, -0.1) is 0 Å². The fraction of sp³-hybridized carbons (Fsp3) is 0.500. The first-order valence-electron chi connectivity index (χ1n) is 5.15. The van der Waals surface area contributed by atoms with Crippen LogP contribution in [-0.2, 0) is 6.42 Å². The monoisotopic (exact) mass is 210 g/mol. The van der Waals surface area contributed by atoms with Gasteiger partial charge in [-0.25, -0.2) is 0 Å². The fourth-order valence-corrected chi connectivity index (χ4v) is 2.13. The maximum absolute atomic E-state index is 9.23. The Balaban J connectivity index is 2.01. The molecule has 0 saturated heterocycles. The third-order valence-electron chi connectivity index (χ3n) is 2.91. The van der Waals surface area contributed by atoms with Crippen LogP contribution in [0.25, 0.3) is 0 Å². The number of hydrogen-bond acceptors (Lipinski definition) is 1. The van der Waals surface area contributed by atoms with Gasteiger partial charge in [0.25, 0.3) is 0 Å². The third-order valence-corrected chi connectivity index (χ3v) is 3.15. The van der Waals surface area contributed by atoms with Crippen LogP contribution in [0.4, 0.5) is 0 Å². The molecule has 0 heterocycles. The molecule has 1 fully saturated rings. The van der Waals surface area contributed by atoms with E-state index in [0.717, 1.165) is 17.4 Å². The molecule has 0 aliphatic heterocycles. The molecule has 1 saturated carbocycles. The van der Waals surface area contributed by atoms with Crippen molar-refractivity contribution in [1.82, 2.24) is 0 Å². The predicted molar refractivity (Wildman–Crippen MR) is 58.5 cm³/mol. The highest BCUT2D eigenvalue weighted by Crippen LogP contribution is 2.38. The Morgan fingerprint density at radius 2 is 2.21 bits per heavy atom. The van der Waals surface area contributed by atoms with Crippen molar-refractivity contribution in [1.29, 1.82) is 0 Å². The zero-order valence-electron chi connectivity index (χ0n) is 8.12. The molecule has 1 aromatic rings. The lowest BCUT2D eigenvalue weighted by atomic mass is 9.96. The third kappa shape index (κ3) is 2.49. The standard InChI is InChI=1S/C12H15ClO/c13-12-3-1-2-9(7-12)6-11(8-14)10-4-5-10/h1-3,7,10-11,14H,4-6,8H2. The molecule has 1 aromatic carbocycles. The molecular weight excluding hydrogens is 196 g/mol. The van der Waals surface area contributed by atoms with Crippen molar-refractivity contribution in [2.75, 3.05) is 6.61 Å². The first-order valence-corrected chi connectivity index (χ1v) is 5.52. The number of benzene rings is 1. The molecule has 14 heavy (non-hydrogen) atoms. The highest BCUT2D eigenvalue weighted by Gasteiger charge is 2.30. The Bertz CT molecular complexity index is 307. The topological polar surface area (TPSA) is 20.2 Å². The van der Waals surface area contributed by atoms with Crippen LogP contribution in [0.3, 0.4) is 0 Å². The lowest BCUT2D eigenvalue weighted by molar-refractivity contribution is 0.209. The van der Waals surface area contributed by atoms with Gasteiger partial charge in [0.2, 0.25) is 0 Å². The molecule has 0 aromatic heterocycles. The second kappa shape index (κ2) is 4.33. The first kappa shape index (κ1) is 10.0. The summed E-state index contributed by atoms with van der Waals surface area (Å²) in [6, 6.07) is 7.93. The van der Waals surface area contributed by atoms with Crippen molar-refractivity contribution in [3.05, 3.63) is 34.9 Å². The number of aliphatic hydroxyl groups is 1. The summed E-state index contributed by atoms with van der Waals surface area (Å²) in [4.78, 5) is 0. The smallest absolute Gasteiger partial charge is 0.0465 e. The Labute approximate surface area is 89.7 Å². The van der Waals surface area contributed by atoms with Crippen molar-refractivity contribution < 1.29 is 5.11 Å². The molecule has 1 atom stereocenters. The van der Waals surface area contributed by atoms with Crippen molar-refractivity contribution >= 4 is 11.6 Å². The Kier molecular flexibility index (Phi) is 3.09. The molecule has 1 aliphatic rings. The Morgan fingerprint density at radius 3 is 2.79 bits per heavy atom. The van der Waals surface area contributed by atoms with E-state index in [4.69, 9.17) is 11.6 Å². The average Bonchev–Trinajstić information content (AvgIpc) is 2.97. The molecular formula is C12H15ClO. The molecule has 2 rings (SSSR count). The molecule has 0 amide bonds. The minimum Gasteiger partial charge on any atom is -0.396 e. The second-order valence-electron chi connectivity index (χ2n) is 4.11. The highest BCUT2D eigenvalue weighted by atomic mass is 35.5.